The van der Waals surface area contributed by atoms with Gasteiger partial charge in [-0.05, 0) is 32.0 Å². The number of hydrogen-bond donors (Lipinski definition) is 1. The lowest BCUT2D eigenvalue weighted by Gasteiger charge is -2.13. The molecule has 0 amide bonds. The van der Waals surface area contributed by atoms with Crippen LogP contribution in [0.25, 0.3) is 0 Å². The quantitative estimate of drug-likeness (QED) is 0.851. The third-order valence-electron chi connectivity index (χ3n) is 2.60. The van der Waals surface area contributed by atoms with Crippen molar-refractivity contribution in [2.24, 2.45) is 0 Å². The number of aryl methyl sites for hydroxylation is 1. The van der Waals surface area contributed by atoms with E-state index in [0.717, 1.165) is 24.5 Å². The maximum absolute atomic E-state index is 4.46. The molecule has 4 heteroatoms. The molecule has 0 saturated carbocycles. The van der Waals surface area contributed by atoms with Gasteiger partial charge in [-0.1, -0.05) is 6.07 Å². The van der Waals surface area contributed by atoms with Crippen LogP contribution in [-0.2, 0) is 13.1 Å². The molecule has 2 aromatic rings. The monoisotopic (exact) mass is 230 g/mol. The molecule has 2 rings (SSSR count). The summed E-state index contributed by atoms with van der Waals surface area (Å²) in [7, 11) is 0. The lowest BCUT2D eigenvalue weighted by molar-refractivity contribution is 0.448. The van der Waals surface area contributed by atoms with Gasteiger partial charge in [-0.25, -0.2) is 0 Å². The molecule has 17 heavy (non-hydrogen) atoms. The Morgan fingerprint density at radius 2 is 2.24 bits per heavy atom. The van der Waals surface area contributed by atoms with Crippen molar-refractivity contribution in [2.75, 3.05) is 0 Å². The van der Waals surface area contributed by atoms with Crippen LogP contribution in [0.1, 0.15) is 18.3 Å². The van der Waals surface area contributed by atoms with Gasteiger partial charge in [-0.3, -0.25) is 9.67 Å². The van der Waals surface area contributed by atoms with E-state index < -0.39 is 0 Å². The van der Waals surface area contributed by atoms with E-state index in [2.05, 4.69) is 22.3 Å². The summed E-state index contributed by atoms with van der Waals surface area (Å²) < 4.78 is 1.93. The summed E-state index contributed by atoms with van der Waals surface area (Å²) in [5, 5.41) is 7.63. The highest BCUT2D eigenvalue weighted by molar-refractivity contribution is 5.09. The van der Waals surface area contributed by atoms with E-state index in [4.69, 9.17) is 0 Å². The van der Waals surface area contributed by atoms with Gasteiger partial charge in [0.2, 0.25) is 0 Å². The highest BCUT2D eigenvalue weighted by Crippen LogP contribution is 1.99. The third kappa shape index (κ3) is 3.67. The zero-order valence-corrected chi connectivity index (χ0v) is 10.3. The Morgan fingerprint density at radius 3 is 2.94 bits per heavy atom. The Hall–Kier alpha value is -1.68. The molecule has 1 atom stereocenters. The summed E-state index contributed by atoms with van der Waals surface area (Å²) >= 11 is 0. The van der Waals surface area contributed by atoms with Crippen LogP contribution in [-0.4, -0.2) is 20.8 Å². The fraction of sp³-hybridized carbons (Fsp3) is 0.385. The number of hydrogen-bond acceptors (Lipinski definition) is 3. The minimum Gasteiger partial charge on any atom is -0.307 e. The van der Waals surface area contributed by atoms with Gasteiger partial charge in [0.15, 0.2) is 0 Å². The number of pyridine rings is 1. The molecule has 1 N–H and O–H groups in total. The molecule has 0 spiro atoms. The normalized spacial score (nSPS) is 12.6. The van der Waals surface area contributed by atoms with Crippen LogP contribution < -0.4 is 5.32 Å². The highest BCUT2D eigenvalue weighted by Gasteiger charge is 2.03. The molecule has 2 aromatic heterocycles. The zero-order chi connectivity index (χ0) is 12.1. The van der Waals surface area contributed by atoms with Crippen LogP contribution in [0.4, 0.5) is 0 Å². The van der Waals surface area contributed by atoms with Crippen molar-refractivity contribution in [3.8, 4) is 0 Å². The van der Waals surface area contributed by atoms with Gasteiger partial charge in [0.05, 0.1) is 12.2 Å². The van der Waals surface area contributed by atoms with E-state index in [9.17, 15) is 0 Å². The molecular weight excluding hydrogens is 212 g/mol. The van der Waals surface area contributed by atoms with Crippen LogP contribution in [0.3, 0.4) is 0 Å². The van der Waals surface area contributed by atoms with Crippen molar-refractivity contribution in [3.63, 3.8) is 0 Å². The Morgan fingerprint density at radius 1 is 1.35 bits per heavy atom. The van der Waals surface area contributed by atoms with Crippen molar-refractivity contribution in [1.82, 2.24) is 20.1 Å². The minimum atomic E-state index is 0.372. The fourth-order valence-corrected chi connectivity index (χ4v) is 1.73. The van der Waals surface area contributed by atoms with Gasteiger partial charge < -0.3 is 5.32 Å². The predicted molar refractivity (Wildman–Crippen MR) is 67.5 cm³/mol. The molecule has 1 unspecified atom stereocenters. The third-order valence-corrected chi connectivity index (χ3v) is 2.60. The predicted octanol–water partition coefficient (Wildman–Crippen LogP) is 1.76. The number of aromatic nitrogens is 3. The molecular formula is C13H18N4. The lowest BCUT2D eigenvalue weighted by Crippen LogP contribution is -2.30. The Labute approximate surface area is 102 Å². The number of nitrogens with zero attached hydrogens (tertiary/aromatic N) is 3. The molecule has 0 fully saturated rings. The average Bonchev–Trinajstić information content (AvgIpc) is 2.79. The van der Waals surface area contributed by atoms with Crippen molar-refractivity contribution in [1.29, 1.82) is 0 Å². The summed E-state index contributed by atoms with van der Waals surface area (Å²) in [6, 6.07) is 8.40. The summed E-state index contributed by atoms with van der Waals surface area (Å²) in [6.07, 6.45) is 3.78. The molecule has 0 bridgehead atoms. The first-order valence-electron chi connectivity index (χ1n) is 5.87. The molecule has 0 radical (unpaired) electrons. The van der Waals surface area contributed by atoms with E-state index in [1.807, 2.05) is 42.1 Å². The molecule has 0 aliphatic carbocycles. The van der Waals surface area contributed by atoms with Crippen molar-refractivity contribution < 1.29 is 0 Å². The first-order valence-corrected chi connectivity index (χ1v) is 5.87. The van der Waals surface area contributed by atoms with Gasteiger partial charge >= 0.3 is 0 Å². The van der Waals surface area contributed by atoms with E-state index in [1.165, 1.54) is 0 Å². The van der Waals surface area contributed by atoms with E-state index in [-0.39, 0.29) is 0 Å². The second-order valence-corrected chi connectivity index (χ2v) is 4.28. The lowest BCUT2D eigenvalue weighted by atomic mass is 10.3. The van der Waals surface area contributed by atoms with Crippen LogP contribution in [0.15, 0.2) is 36.7 Å². The largest absolute Gasteiger partial charge is 0.307 e. The fourth-order valence-electron chi connectivity index (χ4n) is 1.73. The molecule has 0 saturated heterocycles. The zero-order valence-electron chi connectivity index (χ0n) is 10.3. The van der Waals surface area contributed by atoms with Gasteiger partial charge in [0.1, 0.15) is 0 Å². The van der Waals surface area contributed by atoms with Gasteiger partial charge in [0.25, 0.3) is 0 Å². The summed E-state index contributed by atoms with van der Waals surface area (Å²) in [5.41, 5.74) is 2.14. The standard InChI is InChI=1S/C13H18N4/c1-11-5-3-6-13(16-11)9-14-12(2)10-17-8-4-7-15-17/h3-8,12,14H,9-10H2,1-2H3. The smallest absolute Gasteiger partial charge is 0.0560 e. The maximum Gasteiger partial charge on any atom is 0.0560 e. The van der Waals surface area contributed by atoms with Crippen LogP contribution in [0.5, 0.6) is 0 Å². The van der Waals surface area contributed by atoms with Crippen LogP contribution >= 0.6 is 0 Å². The molecule has 0 aliphatic heterocycles. The first-order chi connectivity index (χ1) is 8.24. The topological polar surface area (TPSA) is 42.7 Å². The van der Waals surface area contributed by atoms with Crippen LogP contribution in [0, 0.1) is 6.92 Å². The van der Waals surface area contributed by atoms with Crippen molar-refractivity contribution in [3.05, 3.63) is 48.0 Å². The SMILES string of the molecule is Cc1cccc(CNC(C)Cn2cccn2)n1. The highest BCUT2D eigenvalue weighted by atomic mass is 15.3. The van der Waals surface area contributed by atoms with E-state index >= 15 is 0 Å². The Kier molecular flexibility index (Phi) is 3.88. The van der Waals surface area contributed by atoms with Crippen molar-refractivity contribution in [2.45, 2.75) is 33.0 Å². The van der Waals surface area contributed by atoms with Gasteiger partial charge in [0, 0.05) is 30.7 Å². The maximum atomic E-state index is 4.46. The molecule has 2 heterocycles. The molecule has 4 nitrogen and oxygen atoms in total. The van der Waals surface area contributed by atoms with Gasteiger partial charge in [-0.15, -0.1) is 0 Å². The molecule has 0 aliphatic rings. The second-order valence-electron chi connectivity index (χ2n) is 4.28. The number of nitrogens with one attached hydrogen (secondary N) is 1. The molecule has 90 valence electrons. The average molecular weight is 230 g/mol. The van der Waals surface area contributed by atoms with E-state index in [1.54, 1.807) is 6.20 Å². The Bertz CT molecular complexity index is 450. The van der Waals surface area contributed by atoms with E-state index in [0.29, 0.717) is 6.04 Å². The summed E-state index contributed by atoms with van der Waals surface area (Å²) in [5.74, 6) is 0. The van der Waals surface area contributed by atoms with Crippen LogP contribution in [0.2, 0.25) is 0 Å². The Balaban J connectivity index is 1.82. The molecule has 0 aromatic carbocycles. The number of rotatable bonds is 5. The minimum absolute atomic E-state index is 0.372. The summed E-state index contributed by atoms with van der Waals surface area (Å²) in [6.45, 7) is 5.83. The van der Waals surface area contributed by atoms with Gasteiger partial charge in [-0.2, -0.15) is 5.10 Å². The van der Waals surface area contributed by atoms with Crippen molar-refractivity contribution >= 4 is 0 Å². The summed E-state index contributed by atoms with van der Waals surface area (Å²) in [4.78, 5) is 4.46. The first kappa shape index (κ1) is 11.8. The second kappa shape index (κ2) is 5.59.